The van der Waals surface area contributed by atoms with Gasteiger partial charge in [0.15, 0.2) is 11.5 Å². The number of benzene rings is 1. The van der Waals surface area contributed by atoms with Crippen LogP contribution in [0, 0.1) is 5.92 Å². The van der Waals surface area contributed by atoms with Gasteiger partial charge >= 0.3 is 12.6 Å². The van der Waals surface area contributed by atoms with Crippen molar-refractivity contribution >= 4 is 5.97 Å². The number of aliphatic carboxylic acids is 1. The maximum atomic E-state index is 12.3. The van der Waals surface area contributed by atoms with Gasteiger partial charge in [0.1, 0.15) is 0 Å². The van der Waals surface area contributed by atoms with Crippen molar-refractivity contribution in [3.8, 4) is 11.5 Å². The van der Waals surface area contributed by atoms with Crippen LogP contribution in [-0.4, -0.2) is 24.3 Å². The lowest BCUT2D eigenvalue weighted by Gasteiger charge is -2.13. The molecule has 1 saturated carbocycles. The number of aryl methyl sites for hydroxylation is 1. The highest BCUT2D eigenvalue weighted by atomic mass is 19.3. The van der Waals surface area contributed by atoms with Crippen LogP contribution in [0.1, 0.15) is 24.8 Å². The second kappa shape index (κ2) is 6.54. The molecular formula is C14H16F2O4. The highest BCUT2D eigenvalue weighted by molar-refractivity contribution is 5.67. The Morgan fingerprint density at radius 3 is 2.70 bits per heavy atom. The molecule has 1 N–H and O–H groups in total. The van der Waals surface area contributed by atoms with Gasteiger partial charge < -0.3 is 14.6 Å². The minimum Gasteiger partial charge on any atom is -0.489 e. The van der Waals surface area contributed by atoms with Gasteiger partial charge in [-0.25, -0.2) is 0 Å². The Labute approximate surface area is 115 Å². The molecule has 0 unspecified atom stereocenters. The molecule has 110 valence electrons. The van der Waals surface area contributed by atoms with E-state index in [4.69, 9.17) is 9.84 Å². The predicted octanol–water partition coefficient (Wildman–Crippen LogP) is 3.09. The maximum absolute atomic E-state index is 12.3. The van der Waals surface area contributed by atoms with E-state index in [9.17, 15) is 13.6 Å². The molecule has 0 spiro atoms. The van der Waals surface area contributed by atoms with Gasteiger partial charge in [0, 0.05) is 6.42 Å². The SMILES string of the molecule is O=C(O)CCc1ccc(OC(F)F)c(OCC2CC2)c1. The maximum Gasteiger partial charge on any atom is 0.387 e. The molecule has 0 amide bonds. The Bertz CT molecular complexity index is 472. The molecule has 4 nitrogen and oxygen atoms in total. The quantitative estimate of drug-likeness (QED) is 0.798. The summed E-state index contributed by atoms with van der Waals surface area (Å²) in [6, 6.07) is 4.54. The highest BCUT2D eigenvalue weighted by Gasteiger charge is 2.23. The van der Waals surface area contributed by atoms with E-state index in [0.717, 1.165) is 18.4 Å². The van der Waals surface area contributed by atoms with E-state index in [-0.39, 0.29) is 17.9 Å². The van der Waals surface area contributed by atoms with Crippen LogP contribution in [0.3, 0.4) is 0 Å². The zero-order chi connectivity index (χ0) is 14.5. The molecule has 0 atom stereocenters. The fourth-order valence-electron chi connectivity index (χ4n) is 1.76. The van der Waals surface area contributed by atoms with Crippen molar-refractivity contribution in [2.45, 2.75) is 32.3 Å². The fraction of sp³-hybridized carbons (Fsp3) is 0.500. The Morgan fingerprint density at radius 1 is 1.35 bits per heavy atom. The van der Waals surface area contributed by atoms with E-state index in [2.05, 4.69) is 4.74 Å². The number of alkyl halides is 2. The third-order valence-electron chi connectivity index (χ3n) is 3.02. The summed E-state index contributed by atoms with van der Waals surface area (Å²) in [4.78, 5) is 10.5. The van der Waals surface area contributed by atoms with Crippen LogP contribution in [-0.2, 0) is 11.2 Å². The molecule has 20 heavy (non-hydrogen) atoms. The molecule has 1 aromatic rings. The van der Waals surface area contributed by atoms with Crippen LogP contribution >= 0.6 is 0 Å². The minimum absolute atomic E-state index is 0.0141. The summed E-state index contributed by atoms with van der Waals surface area (Å²) < 4.78 is 34.5. The fourth-order valence-corrected chi connectivity index (χ4v) is 1.76. The molecule has 0 radical (unpaired) electrons. The van der Waals surface area contributed by atoms with E-state index in [1.807, 2.05) is 0 Å². The lowest BCUT2D eigenvalue weighted by atomic mass is 10.1. The standard InChI is InChI=1S/C14H16F2O4/c15-14(16)20-11-5-3-9(4-6-13(17)18)7-12(11)19-8-10-1-2-10/h3,5,7,10,14H,1-2,4,6,8H2,(H,17,18). The number of carbonyl (C=O) groups is 1. The van der Waals surface area contributed by atoms with Crippen LogP contribution in [0.25, 0.3) is 0 Å². The predicted molar refractivity (Wildman–Crippen MR) is 67.2 cm³/mol. The first-order chi connectivity index (χ1) is 9.54. The van der Waals surface area contributed by atoms with Gasteiger partial charge in [-0.3, -0.25) is 4.79 Å². The molecule has 0 heterocycles. The summed E-state index contributed by atoms with van der Waals surface area (Å²) in [6.45, 7) is -2.44. The van der Waals surface area contributed by atoms with Crippen LogP contribution in [0.15, 0.2) is 18.2 Å². The Hall–Kier alpha value is -1.85. The molecule has 0 saturated heterocycles. The summed E-state index contributed by atoms with van der Waals surface area (Å²) in [5.41, 5.74) is 0.722. The van der Waals surface area contributed by atoms with Crippen molar-refractivity contribution in [2.75, 3.05) is 6.61 Å². The van der Waals surface area contributed by atoms with Gasteiger partial charge in [0.2, 0.25) is 0 Å². The van der Waals surface area contributed by atoms with E-state index in [1.54, 1.807) is 12.1 Å². The molecule has 2 rings (SSSR count). The molecule has 0 aliphatic heterocycles. The van der Waals surface area contributed by atoms with Crippen LogP contribution in [0.2, 0.25) is 0 Å². The summed E-state index contributed by atoms with van der Waals surface area (Å²) in [5, 5.41) is 8.65. The number of carboxylic acids is 1. The number of ether oxygens (including phenoxy) is 2. The molecule has 0 aromatic heterocycles. The third-order valence-corrected chi connectivity index (χ3v) is 3.02. The molecule has 1 aliphatic carbocycles. The number of hydrogen-bond acceptors (Lipinski definition) is 3. The lowest BCUT2D eigenvalue weighted by molar-refractivity contribution is -0.136. The van der Waals surface area contributed by atoms with Crippen molar-refractivity contribution in [1.29, 1.82) is 0 Å². The Morgan fingerprint density at radius 2 is 2.10 bits per heavy atom. The number of hydrogen-bond donors (Lipinski definition) is 1. The van der Waals surface area contributed by atoms with E-state index in [0.29, 0.717) is 18.9 Å². The molecule has 0 bridgehead atoms. The first-order valence-electron chi connectivity index (χ1n) is 6.47. The first-order valence-corrected chi connectivity index (χ1v) is 6.47. The van der Waals surface area contributed by atoms with Crippen molar-refractivity contribution in [3.05, 3.63) is 23.8 Å². The van der Waals surface area contributed by atoms with Crippen LogP contribution in [0.5, 0.6) is 11.5 Å². The zero-order valence-electron chi connectivity index (χ0n) is 10.9. The van der Waals surface area contributed by atoms with E-state index >= 15 is 0 Å². The molecular weight excluding hydrogens is 270 g/mol. The molecule has 6 heteroatoms. The largest absolute Gasteiger partial charge is 0.489 e. The van der Waals surface area contributed by atoms with Gasteiger partial charge in [-0.05, 0) is 42.9 Å². The van der Waals surface area contributed by atoms with Crippen molar-refractivity contribution in [1.82, 2.24) is 0 Å². The smallest absolute Gasteiger partial charge is 0.387 e. The second-order valence-electron chi connectivity index (χ2n) is 4.81. The van der Waals surface area contributed by atoms with Crippen LogP contribution < -0.4 is 9.47 Å². The number of carboxylic acid groups (broad SMARTS) is 1. The minimum atomic E-state index is -2.91. The van der Waals surface area contributed by atoms with Gasteiger partial charge in [0.05, 0.1) is 6.61 Å². The summed E-state index contributed by atoms with van der Waals surface area (Å²) in [6.07, 6.45) is 2.48. The number of rotatable bonds is 8. The van der Waals surface area contributed by atoms with E-state index < -0.39 is 12.6 Å². The summed E-state index contributed by atoms with van der Waals surface area (Å²) >= 11 is 0. The van der Waals surface area contributed by atoms with Gasteiger partial charge in [-0.15, -0.1) is 0 Å². The van der Waals surface area contributed by atoms with Crippen molar-refractivity contribution < 1.29 is 28.2 Å². The second-order valence-corrected chi connectivity index (χ2v) is 4.81. The van der Waals surface area contributed by atoms with Crippen molar-refractivity contribution in [3.63, 3.8) is 0 Å². The summed E-state index contributed by atoms with van der Waals surface area (Å²) in [5.74, 6) is -0.185. The van der Waals surface area contributed by atoms with Gasteiger partial charge in [0.25, 0.3) is 0 Å². The monoisotopic (exact) mass is 286 g/mol. The third kappa shape index (κ3) is 4.68. The average Bonchev–Trinajstić information content (AvgIpc) is 3.19. The van der Waals surface area contributed by atoms with E-state index in [1.165, 1.54) is 6.07 Å². The molecule has 1 aromatic carbocycles. The first kappa shape index (κ1) is 14.6. The topological polar surface area (TPSA) is 55.8 Å². The summed E-state index contributed by atoms with van der Waals surface area (Å²) in [7, 11) is 0. The lowest BCUT2D eigenvalue weighted by Crippen LogP contribution is -2.07. The van der Waals surface area contributed by atoms with Gasteiger partial charge in [-0.2, -0.15) is 8.78 Å². The van der Waals surface area contributed by atoms with Gasteiger partial charge in [-0.1, -0.05) is 6.07 Å². The number of halogens is 2. The molecule has 1 fully saturated rings. The average molecular weight is 286 g/mol. The van der Waals surface area contributed by atoms with Crippen molar-refractivity contribution in [2.24, 2.45) is 5.92 Å². The molecule has 1 aliphatic rings. The highest BCUT2D eigenvalue weighted by Crippen LogP contribution is 2.34. The normalized spacial score (nSPS) is 14.3. The zero-order valence-corrected chi connectivity index (χ0v) is 10.9. The Balaban J connectivity index is 2.07. The Kier molecular flexibility index (Phi) is 4.76. The van der Waals surface area contributed by atoms with Crippen LogP contribution in [0.4, 0.5) is 8.78 Å².